The maximum Gasteiger partial charge on any atom is 0.507 e. The molecule has 0 unspecified atom stereocenters. The molecule has 0 aliphatic carbocycles. The Bertz CT molecular complexity index is 66.2. The van der Waals surface area contributed by atoms with Crippen LogP contribution in [-0.4, -0.2) is 5.60 Å². The van der Waals surface area contributed by atoms with Gasteiger partial charge in [-0.1, -0.05) is 0 Å². The van der Waals surface area contributed by atoms with E-state index in [2.05, 4.69) is 3.07 Å². The summed E-state index contributed by atoms with van der Waals surface area (Å²) in [5, 5.41) is 0. The molecule has 0 N–H and O–H groups in total. The molecule has 3 nitrogen and oxygen atoms in total. The van der Waals surface area contributed by atoms with Gasteiger partial charge in [0.15, 0.2) is 5.60 Å². The Hall–Kier alpha value is 0.610. The molecule has 0 amide bonds. The molecule has 0 aromatic heterocycles. The van der Waals surface area contributed by atoms with Crippen molar-refractivity contribution >= 4 is 0 Å². The summed E-state index contributed by atoms with van der Waals surface area (Å²) in [5.74, 6) is 0. The minimum absolute atomic E-state index is 0.533. The van der Waals surface area contributed by atoms with Crippen LogP contribution < -0.4 is 27.9 Å². The summed E-state index contributed by atoms with van der Waals surface area (Å²) in [6.45, 7) is 5.11. The second-order valence-electron chi connectivity index (χ2n) is 2.38. The van der Waals surface area contributed by atoms with Crippen molar-refractivity contribution in [2.45, 2.75) is 26.4 Å². The molecule has 8 heavy (non-hydrogen) atoms. The van der Waals surface area contributed by atoms with Crippen LogP contribution in [0.2, 0.25) is 0 Å². The predicted molar refractivity (Wildman–Crippen MR) is 20.8 cm³/mol. The lowest BCUT2D eigenvalue weighted by Gasteiger charge is -2.07. The van der Waals surface area contributed by atoms with Crippen molar-refractivity contribution in [2.75, 3.05) is 0 Å². The first-order chi connectivity index (χ1) is 3.42. The topological polar surface area (TPSA) is 55.3 Å². The molecule has 0 rings (SSSR count). The second-order valence-corrected chi connectivity index (χ2v) is 3.90. The second kappa shape index (κ2) is 2.95. The van der Waals surface area contributed by atoms with Gasteiger partial charge in [0, 0.05) is 0 Å². The molecular weight excluding hydrogens is 223 g/mol. The minimum Gasteiger partial charge on any atom is -0.396 e. The number of halogens is 1. The zero-order chi connectivity index (χ0) is 6.78. The normalized spacial score (nSPS) is 12.8. The number of hydrogen-bond donors (Lipinski definition) is 0. The third kappa shape index (κ3) is 6.61. The fourth-order valence-corrected chi connectivity index (χ4v) is 1.27. The van der Waals surface area contributed by atoms with Gasteiger partial charge in [0.1, 0.15) is 0 Å². The first-order valence-electron chi connectivity index (χ1n) is 2.17. The van der Waals surface area contributed by atoms with Gasteiger partial charge in [0.05, 0.1) is 0 Å². The molecule has 0 atom stereocenters. The van der Waals surface area contributed by atoms with Gasteiger partial charge in [0.25, 0.3) is 0 Å². The Morgan fingerprint density at radius 3 is 1.62 bits per heavy atom. The fraction of sp³-hybridized carbons (Fsp3) is 1.00. The molecule has 0 aromatic rings. The third-order valence-corrected chi connectivity index (χ3v) is 1.98. The monoisotopic (exact) mass is 232 g/mol. The van der Waals surface area contributed by atoms with E-state index < -0.39 is 26.7 Å². The van der Waals surface area contributed by atoms with Crippen molar-refractivity contribution in [3.8, 4) is 0 Å². The van der Waals surface area contributed by atoms with Crippen molar-refractivity contribution in [2.24, 2.45) is 0 Å². The molecule has 0 bridgehead atoms. The van der Waals surface area contributed by atoms with Crippen molar-refractivity contribution in [1.82, 2.24) is 0 Å². The highest BCUT2D eigenvalue weighted by Crippen LogP contribution is 1.98. The lowest BCUT2D eigenvalue weighted by Crippen LogP contribution is -3.99. The predicted octanol–water partition coefficient (Wildman–Crippen LogP) is -4.11. The summed E-state index contributed by atoms with van der Waals surface area (Å²) in [4.78, 5) is 0. The van der Waals surface area contributed by atoms with Crippen molar-refractivity contribution in [3.05, 3.63) is 0 Å². The highest BCUT2D eigenvalue weighted by atomic mass is 127. The molecule has 0 fully saturated rings. The molecule has 0 saturated carbocycles. The zero-order valence-electron chi connectivity index (χ0n) is 5.10. The maximum atomic E-state index is 9.92. The van der Waals surface area contributed by atoms with Gasteiger partial charge in [-0.3, -0.25) is 0 Å². The van der Waals surface area contributed by atoms with Crippen LogP contribution in [0.1, 0.15) is 20.8 Å². The molecule has 4 heteroatoms. The van der Waals surface area contributed by atoms with E-state index in [0.29, 0.717) is 0 Å². The largest absolute Gasteiger partial charge is 0.507 e. The quantitative estimate of drug-likeness (QED) is 0.432. The van der Waals surface area contributed by atoms with Gasteiger partial charge in [-0.15, -0.1) is 0 Å². The van der Waals surface area contributed by atoms with Crippen molar-refractivity contribution in [1.29, 1.82) is 0 Å². The smallest absolute Gasteiger partial charge is 0.396 e. The van der Waals surface area contributed by atoms with E-state index in [4.69, 9.17) is 0 Å². The molecule has 0 aromatic carbocycles. The lowest BCUT2D eigenvalue weighted by molar-refractivity contribution is -1.63. The van der Waals surface area contributed by atoms with Gasteiger partial charge in [0.2, 0.25) is 0 Å². The Kier molecular flexibility index (Phi) is 3.18. The average molecular weight is 232 g/mol. The summed E-state index contributed by atoms with van der Waals surface area (Å²) in [6.07, 6.45) is 0. The van der Waals surface area contributed by atoms with Crippen LogP contribution >= 0.6 is 0 Å². The fourth-order valence-electron chi connectivity index (χ4n) is 0.189. The van der Waals surface area contributed by atoms with Crippen molar-refractivity contribution < 1.29 is 31.0 Å². The van der Waals surface area contributed by atoms with E-state index in [1.165, 1.54) is 0 Å². The Morgan fingerprint density at radius 2 is 1.62 bits per heavy atom. The van der Waals surface area contributed by atoms with E-state index >= 15 is 0 Å². The molecule has 0 aliphatic heterocycles. The maximum absolute atomic E-state index is 9.92. The summed E-state index contributed by atoms with van der Waals surface area (Å²) < 4.78 is 24.3. The number of rotatable bonds is 1. The summed E-state index contributed by atoms with van der Waals surface area (Å²) in [7, 11) is 0. The van der Waals surface area contributed by atoms with E-state index in [-0.39, 0.29) is 0 Å². The van der Waals surface area contributed by atoms with Crippen LogP contribution in [-0.2, 0) is 3.07 Å². The zero-order valence-corrected chi connectivity index (χ0v) is 7.26. The Labute approximate surface area is 57.7 Å². The van der Waals surface area contributed by atoms with Crippen LogP contribution in [0.5, 0.6) is 0 Å². The van der Waals surface area contributed by atoms with Gasteiger partial charge in [-0.05, 0) is 23.8 Å². The molecule has 0 aliphatic rings. The van der Waals surface area contributed by atoms with Gasteiger partial charge in [-0.25, -0.2) is 0 Å². The highest BCUT2D eigenvalue weighted by Gasteiger charge is 2.26. The Balaban J connectivity index is 3.39. The SMILES string of the molecule is CC(C)(C)O[I+2]([O-])[O-]. The van der Waals surface area contributed by atoms with Crippen LogP contribution in [0.15, 0.2) is 0 Å². The van der Waals surface area contributed by atoms with Gasteiger partial charge >= 0.3 is 21.1 Å². The first kappa shape index (κ1) is 8.61. The van der Waals surface area contributed by atoms with Gasteiger partial charge in [-0.2, -0.15) is 0 Å². The molecule has 0 saturated heterocycles. The minimum atomic E-state index is -3.44. The van der Waals surface area contributed by atoms with E-state index in [0.717, 1.165) is 0 Å². The van der Waals surface area contributed by atoms with Crippen LogP contribution in [0, 0.1) is 0 Å². The average Bonchev–Trinajstić information content (AvgIpc) is 1.21. The highest BCUT2D eigenvalue weighted by molar-refractivity contribution is 4.53. The molecule has 50 valence electrons. The van der Waals surface area contributed by atoms with E-state index in [9.17, 15) is 6.87 Å². The van der Waals surface area contributed by atoms with E-state index in [1.807, 2.05) is 0 Å². The third-order valence-electron chi connectivity index (χ3n) is 0.294. The standard InChI is InChI=1S/C4H9IO3/c1-4(2,3)8-5(6)7/h1-3H3. The van der Waals surface area contributed by atoms with E-state index in [1.54, 1.807) is 20.8 Å². The van der Waals surface area contributed by atoms with Crippen LogP contribution in [0.4, 0.5) is 0 Å². The summed E-state index contributed by atoms with van der Waals surface area (Å²) in [6, 6.07) is 0. The summed E-state index contributed by atoms with van der Waals surface area (Å²) >= 11 is -3.44. The molecule has 0 spiro atoms. The summed E-state index contributed by atoms with van der Waals surface area (Å²) in [5.41, 5.74) is -0.533. The lowest BCUT2D eigenvalue weighted by atomic mass is 10.2. The first-order valence-corrected chi connectivity index (χ1v) is 4.81. The number of hydrogen-bond acceptors (Lipinski definition) is 3. The molecule has 0 heterocycles. The van der Waals surface area contributed by atoms with Gasteiger partial charge < -0.3 is 6.87 Å². The van der Waals surface area contributed by atoms with Crippen molar-refractivity contribution in [3.63, 3.8) is 0 Å². The Morgan fingerprint density at radius 1 is 1.25 bits per heavy atom. The van der Waals surface area contributed by atoms with Crippen LogP contribution in [0.25, 0.3) is 0 Å². The van der Waals surface area contributed by atoms with Crippen LogP contribution in [0.3, 0.4) is 0 Å². The molecular formula is C4H9IO3. The molecule has 0 radical (unpaired) electrons.